The number of methoxy groups -OCH3 is 1. The summed E-state index contributed by atoms with van der Waals surface area (Å²) in [6.07, 6.45) is 3.13. The molecule has 4 rings (SSSR count). The third-order valence-corrected chi connectivity index (χ3v) is 5.06. The van der Waals surface area contributed by atoms with Crippen molar-refractivity contribution in [1.82, 2.24) is 4.98 Å². The first-order valence-corrected chi connectivity index (χ1v) is 9.40. The predicted molar refractivity (Wildman–Crippen MR) is 113 cm³/mol. The van der Waals surface area contributed by atoms with Gasteiger partial charge in [-0.25, -0.2) is 0 Å². The third-order valence-electron chi connectivity index (χ3n) is 5.06. The summed E-state index contributed by atoms with van der Waals surface area (Å²) in [5.41, 5.74) is 1.73. The van der Waals surface area contributed by atoms with Crippen LogP contribution in [0.3, 0.4) is 0 Å². The lowest BCUT2D eigenvalue weighted by Gasteiger charge is -2.25. The van der Waals surface area contributed by atoms with E-state index in [0.717, 1.165) is 0 Å². The summed E-state index contributed by atoms with van der Waals surface area (Å²) in [4.78, 5) is 31.5. The van der Waals surface area contributed by atoms with Crippen LogP contribution in [0.15, 0.2) is 78.6 Å². The molecule has 7 heteroatoms. The van der Waals surface area contributed by atoms with Crippen molar-refractivity contribution in [3.8, 4) is 11.8 Å². The number of hydrogen-bond donors (Lipinski definition) is 1. The van der Waals surface area contributed by atoms with Gasteiger partial charge in [-0.1, -0.05) is 18.2 Å². The van der Waals surface area contributed by atoms with Gasteiger partial charge in [0.25, 0.3) is 11.7 Å². The molecule has 1 aliphatic heterocycles. The number of hydrogen-bond acceptors (Lipinski definition) is 6. The molecule has 0 aliphatic carbocycles. The van der Waals surface area contributed by atoms with Crippen LogP contribution in [0.2, 0.25) is 0 Å². The molecule has 1 aliphatic rings. The van der Waals surface area contributed by atoms with Gasteiger partial charge in [0.2, 0.25) is 0 Å². The number of amides is 1. The van der Waals surface area contributed by atoms with Gasteiger partial charge in [-0.2, -0.15) is 5.26 Å². The second-order valence-electron chi connectivity index (χ2n) is 6.85. The van der Waals surface area contributed by atoms with Crippen LogP contribution in [0.25, 0.3) is 5.76 Å². The Morgan fingerprint density at radius 3 is 2.55 bits per heavy atom. The fourth-order valence-corrected chi connectivity index (χ4v) is 3.57. The number of Topliss-reactive ketones (excluding diaryl/α,β-unsaturated/α-hetero) is 1. The minimum atomic E-state index is -0.882. The molecule has 3 aromatic rings. The van der Waals surface area contributed by atoms with E-state index in [1.54, 1.807) is 73.1 Å². The number of aliphatic hydroxyl groups excluding tert-OH is 1. The van der Waals surface area contributed by atoms with Gasteiger partial charge in [0.15, 0.2) is 0 Å². The van der Waals surface area contributed by atoms with Gasteiger partial charge in [0.1, 0.15) is 11.5 Å². The SMILES string of the molecule is COc1cccc(/C(O)=C2/C(=O)C(=O)N(c3ccc(C#N)cc3)C2c2cccnc2)c1. The van der Waals surface area contributed by atoms with Crippen LogP contribution in [0.5, 0.6) is 5.75 Å². The summed E-state index contributed by atoms with van der Waals surface area (Å²) in [6, 6.07) is 17.5. The van der Waals surface area contributed by atoms with Crippen molar-refractivity contribution in [2.24, 2.45) is 0 Å². The average molecular weight is 411 g/mol. The van der Waals surface area contributed by atoms with Gasteiger partial charge in [-0.05, 0) is 48.0 Å². The first-order valence-electron chi connectivity index (χ1n) is 9.40. The molecule has 1 fully saturated rings. The van der Waals surface area contributed by atoms with E-state index in [1.165, 1.54) is 12.0 Å². The standard InChI is InChI=1S/C24H17N3O4/c1-31-19-6-2-4-16(12-19)22(28)20-21(17-5-3-11-26-14-17)27(24(30)23(20)29)18-9-7-15(13-25)8-10-18/h2-12,14,21,28H,1H3/b22-20-. The molecule has 0 spiro atoms. The topological polar surface area (TPSA) is 104 Å². The zero-order chi connectivity index (χ0) is 22.0. The Balaban J connectivity index is 1.92. The van der Waals surface area contributed by atoms with Crippen LogP contribution in [-0.2, 0) is 9.59 Å². The van der Waals surface area contributed by atoms with Crippen molar-refractivity contribution < 1.29 is 19.4 Å². The van der Waals surface area contributed by atoms with Gasteiger partial charge in [0.05, 0.1) is 30.4 Å². The highest BCUT2D eigenvalue weighted by atomic mass is 16.5. The highest BCUT2D eigenvalue weighted by Gasteiger charge is 2.47. The normalized spacial score (nSPS) is 17.4. The summed E-state index contributed by atoms with van der Waals surface area (Å²) in [7, 11) is 1.50. The second-order valence-corrected chi connectivity index (χ2v) is 6.85. The summed E-state index contributed by atoms with van der Waals surface area (Å²) in [6.45, 7) is 0. The highest BCUT2D eigenvalue weighted by molar-refractivity contribution is 6.51. The summed E-state index contributed by atoms with van der Waals surface area (Å²) < 4.78 is 5.21. The lowest BCUT2D eigenvalue weighted by atomic mass is 9.96. The molecule has 2 aromatic carbocycles. The molecule has 2 heterocycles. The number of aromatic nitrogens is 1. The molecule has 152 valence electrons. The van der Waals surface area contributed by atoms with Gasteiger partial charge in [-0.3, -0.25) is 19.5 Å². The molecule has 7 nitrogen and oxygen atoms in total. The molecule has 0 bridgehead atoms. The molecule has 1 unspecified atom stereocenters. The molecular formula is C24H17N3O4. The average Bonchev–Trinajstić information content (AvgIpc) is 3.09. The van der Waals surface area contributed by atoms with E-state index in [-0.39, 0.29) is 11.3 Å². The molecular weight excluding hydrogens is 394 g/mol. The smallest absolute Gasteiger partial charge is 0.300 e. The lowest BCUT2D eigenvalue weighted by Crippen LogP contribution is -2.29. The fraction of sp³-hybridized carbons (Fsp3) is 0.0833. The quantitative estimate of drug-likeness (QED) is 0.400. The van der Waals surface area contributed by atoms with Crippen LogP contribution in [0, 0.1) is 11.3 Å². The van der Waals surface area contributed by atoms with Crippen LogP contribution in [0.4, 0.5) is 5.69 Å². The molecule has 0 saturated carbocycles. The van der Waals surface area contributed by atoms with E-state index < -0.39 is 17.7 Å². The number of carbonyl (C=O) groups is 2. The van der Waals surface area contributed by atoms with E-state index in [4.69, 9.17) is 10.00 Å². The van der Waals surface area contributed by atoms with Gasteiger partial charge in [-0.15, -0.1) is 0 Å². The number of nitriles is 1. The van der Waals surface area contributed by atoms with E-state index in [0.29, 0.717) is 28.1 Å². The number of carbonyl (C=O) groups excluding carboxylic acids is 2. The van der Waals surface area contributed by atoms with Crippen molar-refractivity contribution in [1.29, 1.82) is 5.26 Å². The summed E-state index contributed by atoms with van der Waals surface area (Å²) in [5.74, 6) is -1.38. The van der Waals surface area contributed by atoms with E-state index >= 15 is 0 Å². The number of pyridine rings is 1. The Morgan fingerprint density at radius 2 is 1.90 bits per heavy atom. The van der Waals surface area contributed by atoms with Gasteiger partial charge < -0.3 is 9.84 Å². The number of anilines is 1. The Bertz CT molecular complexity index is 1230. The zero-order valence-corrected chi connectivity index (χ0v) is 16.5. The number of rotatable bonds is 4. The van der Waals surface area contributed by atoms with Crippen molar-refractivity contribution in [2.75, 3.05) is 12.0 Å². The Kier molecular flexibility index (Phi) is 5.21. The predicted octanol–water partition coefficient (Wildman–Crippen LogP) is 3.59. The Hall–Kier alpha value is -4.44. The zero-order valence-electron chi connectivity index (χ0n) is 16.5. The second kappa shape index (κ2) is 8.13. The molecule has 1 saturated heterocycles. The first kappa shape index (κ1) is 19.9. The van der Waals surface area contributed by atoms with Gasteiger partial charge in [0, 0.05) is 23.6 Å². The summed E-state index contributed by atoms with van der Waals surface area (Å²) >= 11 is 0. The Labute approximate surface area is 178 Å². The minimum Gasteiger partial charge on any atom is -0.507 e. The molecule has 1 aromatic heterocycles. The fourth-order valence-electron chi connectivity index (χ4n) is 3.57. The lowest BCUT2D eigenvalue weighted by molar-refractivity contribution is -0.132. The number of ether oxygens (including phenoxy) is 1. The number of aliphatic hydroxyl groups is 1. The van der Waals surface area contributed by atoms with Crippen molar-refractivity contribution in [2.45, 2.75) is 6.04 Å². The summed E-state index contributed by atoms with van der Waals surface area (Å²) in [5, 5.41) is 20.1. The third kappa shape index (κ3) is 3.51. The van der Waals surface area contributed by atoms with Crippen LogP contribution in [0.1, 0.15) is 22.7 Å². The van der Waals surface area contributed by atoms with E-state index in [1.807, 2.05) is 6.07 Å². The number of ketones is 1. The van der Waals surface area contributed by atoms with Crippen LogP contribution in [-0.4, -0.2) is 28.9 Å². The molecule has 1 atom stereocenters. The maximum absolute atomic E-state index is 13.1. The largest absolute Gasteiger partial charge is 0.507 e. The molecule has 31 heavy (non-hydrogen) atoms. The molecule has 0 radical (unpaired) electrons. The Morgan fingerprint density at radius 1 is 1.13 bits per heavy atom. The van der Waals surface area contributed by atoms with E-state index in [9.17, 15) is 14.7 Å². The highest BCUT2D eigenvalue weighted by Crippen LogP contribution is 2.42. The van der Waals surface area contributed by atoms with Crippen LogP contribution < -0.4 is 9.64 Å². The minimum absolute atomic E-state index is 0.0457. The van der Waals surface area contributed by atoms with Crippen molar-refractivity contribution in [3.05, 3.63) is 95.3 Å². The van der Waals surface area contributed by atoms with Crippen molar-refractivity contribution >= 4 is 23.1 Å². The molecule has 1 N–H and O–H groups in total. The number of benzene rings is 2. The maximum Gasteiger partial charge on any atom is 0.300 e. The van der Waals surface area contributed by atoms with Crippen molar-refractivity contribution in [3.63, 3.8) is 0 Å². The van der Waals surface area contributed by atoms with Gasteiger partial charge >= 0.3 is 0 Å². The number of nitrogens with zero attached hydrogens (tertiary/aromatic N) is 3. The van der Waals surface area contributed by atoms with E-state index in [2.05, 4.69) is 4.98 Å². The van der Waals surface area contributed by atoms with Crippen LogP contribution >= 0.6 is 0 Å². The molecule has 1 amide bonds. The first-order chi connectivity index (χ1) is 15.0. The monoisotopic (exact) mass is 411 g/mol. The maximum atomic E-state index is 13.1.